The van der Waals surface area contributed by atoms with Gasteiger partial charge in [-0.05, 0) is 76.9 Å². The van der Waals surface area contributed by atoms with E-state index in [-0.39, 0.29) is 5.41 Å². The van der Waals surface area contributed by atoms with Crippen LogP contribution in [0.1, 0.15) is 25.0 Å². The smallest absolute Gasteiger partial charge is 0.145 e. The fourth-order valence-corrected chi connectivity index (χ4v) is 8.03. The Morgan fingerprint density at radius 2 is 1.15 bits per heavy atom. The van der Waals surface area contributed by atoms with E-state index in [1.165, 1.54) is 55.1 Å². The average molecular weight is 617 g/mol. The summed E-state index contributed by atoms with van der Waals surface area (Å²) in [4.78, 5) is 2.36. The summed E-state index contributed by atoms with van der Waals surface area (Å²) in [5.41, 5.74) is 13.7. The molecule has 0 amide bonds. The molecule has 0 fully saturated rings. The van der Waals surface area contributed by atoms with Gasteiger partial charge in [-0.15, -0.1) is 0 Å². The van der Waals surface area contributed by atoms with Gasteiger partial charge in [-0.1, -0.05) is 117 Å². The van der Waals surface area contributed by atoms with Crippen LogP contribution in [0.15, 0.2) is 162 Å². The first-order valence-corrected chi connectivity index (χ1v) is 16.6. The normalized spacial score (nSPS) is 13.4. The van der Waals surface area contributed by atoms with Crippen molar-refractivity contribution in [1.29, 1.82) is 0 Å². The number of fused-ring (bicyclic) bond motifs is 9. The number of furan rings is 1. The number of nitrogens with zero attached hydrogens (tertiary/aromatic N) is 2. The molecule has 3 nitrogen and oxygen atoms in total. The highest BCUT2D eigenvalue weighted by Crippen LogP contribution is 2.52. The van der Waals surface area contributed by atoms with E-state index in [0.717, 1.165) is 33.6 Å². The number of anilines is 3. The highest BCUT2D eigenvalue weighted by Gasteiger charge is 2.37. The minimum absolute atomic E-state index is 0.238. The minimum Gasteiger partial charge on any atom is -0.455 e. The van der Waals surface area contributed by atoms with Crippen molar-refractivity contribution in [2.45, 2.75) is 19.3 Å². The van der Waals surface area contributed by atoms with Crippen molar-refractivity contribution in [2.24, 2.45) is 0 Å². The summed E-state index contributed by atoms with van der Waals surface area (Å²) in [7, 11) is 0. The molecule has 0 atom stereocenters. The average Bonchev–Trinajstić information content (AvgIpc) is 3.68. The molecule has 2 aromatic heterocycles. The van der Waals surface area contributed by atoms with Crippen LogP contribution in [0.25, 0.3) is 60.6 Å². The fourth-order valence-electron chi connectivity index (χ4n) is 8.03. The molecule has 10 rings (SSSR count). The van der Waals surface area contributed by atoms with Crippen LogP contribution in [0, 0.1) is 0 Å². The molecule has 3 heteroatoms. The Bertz CT molecular complexity index is 2680. The topological polar surface area (TPSA) is 21.3 Å². The van der Waals surface area contributed by atoms with Crippen LogP contribution in [-0.2, 0) is 5.41 Å². The van der Waals surface area contributed by atoms with Gasteiger partial charge in [0.1, 0.15) is 11.2 Å². The van der Waals surface area contributed by atoms with E-state index in [0.29, 0.717) is 0 Å². The number of rotatable bonds is 4. The molecule has 1 aliphatic heterocycles. The molecule has 9 aromatic rings. The molecule has 0 spiro atoms. The van der Waals surface area contributed by atoms with Crippen LogP contribution in [0.3, 0.4) is 0 Å². The molecule has 0 N–H and O–H groups in total. The van der Waals surface area contributed by atoms with Crippen molar-refractivity contribution in [2.75, 3.05) is 4.90 Å². The molecule has 0 unspecified atom stereocenters. The first-order chi connectivity index (χ1) is 23.6. The molecule has 0 bridgehead atoms. The number of hydrogen-bond acceptors (Lipinski definition) is 2. The van der Waals surface area contributed by atoms with Crippen molar-refractivity contribution in [3.8, 4) is 16.8 Å². The first kappa shape index (κ1) is 27.1. The van der Waals surface area contributed by atoms with E-state index in [2.05, 4.69) is 181 Å². The lowest BCUT2D eigenvalue weighted by atomic mass is 9.74. The number of hydrogen-bond donors (Lipinski definition) is 0. The van der Waals surface area contributed by atoms with Crippen molar-refractivity contribution in [3.63, 3.8) is 0 Å². The quantitative estimate of drug-likeness (QED) is 0.196. The second-order valence-corrected chi connectivity index (χ2v) is 13.4. The lowest BCUT2D eigenvalue weighted by Gasteiger charge is -2.36. The molecule has 228 valence electrons. The van der Waals surface area contributed by atoms with E-state index in [1.54, 1.807) is 0 Å². The fraction of sp³-hybridized carbons (Fsp3) is 0.0667. The minimum atomic E-state index is -0.238. The Kier molecular flexibility index (Phi) is 5.63. The Labute approximate surface area is 278 Å². The van der Waals surface area contributed by atoms with Crippen LogP contribution in [0.4, 0.5) is 17.1 Å². The molecule has 0 saturated heterocycles. The maximum atomic E-state index is 6.66. The Balaban J connectivity index is 1.24. The van der Waals surface area contributed by atoms with Crippen LogP contribution in [-0.4, -0.2) is 4.57 Å². The summed E-state index contributed by atoms with van der Waals surface area (Å²) in [5.74, 6) is 0. The largest absolute Gasteiger partial charge is 0.455 e. The van der Waals surface area contributed by atoms with Crippen molar-refractivity contribution in [3.05, 3.63) is 169 Å². The maximum absolute atomic E-state index is 6.66. The maximum Gasteiger partial charge on any atom is 0.145 e. The van der Waals surface area contributed by atoms with E-state index in [9.17, 15) is 0 Å². The summed E-state index contributed by atoms with van der Waals surface area (Å²) in [5, 5.41) is 4.74. The second kappa shape index (κ2) is 9.97. The predicted molar refractivity (Wildman–Crippen MR) is 200 cm³/mol. The van der Waals surface area contributed by atoms with Gasteiger partial charge >= 0.3 is 0 Å². The molecule has 7 aromatic carbocycles. The zero-order valence-electron chi connectivity index (χ0n) is 26.8. The third kappa shape index (κ3) is 3.76. The summed E-state index contributed by atoms with van der Waals surface area (Å²) in [6, 6.07) is 56.8. The lowest BCUT2D eigenvalue weighted by Crippen LogP contribution is -2.26. The predicted octanol–water partition coefficient (Wildman–Crippen LogP) is 12.5. The van der Waals surface area contributed by atoms with Gasteiger partial charge in [-0.3, -0.25) is 0 Å². The molecule has 3 heterocycles. The van der Waals surface area contributed by atoms with E-state index < -0.39 is 0 Å². The highest BCUT2D eigenvalue weighted by molar-refractivity contribution is 6.25. The molecule has 1 aliphatic rings. The first-order valence-electron chi connectivity index (χ1n) is 16.6. The van der Waals surface area contributed by atoms with Gasteiger partial charge in [0.05, 0.1) is 22.1 Å². The number of benzene rings is 7. The molecule has 0 aliphatic carbocycles. The van der Waals surface area contributed by atoms with E-state index >= 15 is 0 Å². The van der Waals surface area contributed by atoms with Crippen LogP contribution in [0.5, 0.6) is 0 Å². The van der Waals surface area contributed by atoms with Gasteiger partial charge in [0.25, 0.3) is 0 Å². The lowest BCUT2D eigenvalue weighted by molar-refractivity contribution is 0.630. The monoisotopic (exact) mass is 616 g/mol. The zero-order chi connectivity index (χ0) is 32.0. The Morgan fingerprint density at radius 1 is 0.521 bits per heavy atom. The standard InChI is InChI=1S/C45H32N2O/c1-45(2)37-26-25-33(46(31-15-7-4-8-16-31)32-23-21-30(22-24-32)29-13-5-3-6-14-29)27-40(37)47-39-19-11-9-18-35(39)42-43(47)38(45)28-36-34-17-10-12-20-41(34)48-44(36)42/h3-28H,1-2H3. The van der Waals surface area contributed by atoms with Gasteiger partial charge in [0, 0.05) is 38.6 Å². The summed E-state index contributed by atoms with van der Waals surface area (Å²) >= 11 is 0. The van der Waals surface area contributed by atoms with Crippen LogP contribution >= 0.6 is 0 Å². The second-order valence-electron chi connectivity index (χ2n) is 13.4. The third-order valence-electron chi connectivity index (χ3n) is 10.4. The van der Waals surface area contributed by atoms with Gasteiger partial charge in [0.2, 0.25) is 0 Å². The third-order valence-corrected chi connectivity index (χ3v) is 10.4. The Hall–Kier alpha value is -6.06. The van der Waals surface area contributed by atoms with Gasteiger partial charge in [0.15, 0.2) is 0 Å². The van der Waals surface area contributed by atoms with Gasteiger partial charge in [-0.2, -0.15) is 0 Å². The molecule has 0 saturated carbocycles. The van der Waals surface area contributed by atoms with Crippen molar-refractivity contribution >= 4 is 60.8 Å². The molecule has 48 heavy (non-hydrogen) atoms. The summed E-state index contributed by atoms with van der Waals surface area (Å²) < 4.78 is 9.15. The molecule has 0 radical (unpaired) electrons. The van der Waals surface area contributed by atoms with Crippen molar-refractivity contribution < 1.29 is 4.42 Å². The van der Waals surface area contributed by atoms with E-state index in [1.807, 2.05) is 0 Å². The summed E-state index contributed by atoms with van der Waals surface area (Å²) in [6.07, 6.45) is 0. The SMILES string of the molecule is CC1(C)c2ccc(N(c3ccccc3)c3ccc(-c4ccccc4)cc3)cc2-n2c3ccccc3c3c4oc5ccccc5c4cc1c32. The molecular weight excluding hydrogens is 585 g/mol. The van der Waals surface area contributed by atoms with E-state index in [4.69, 9.17) is 4.42 Å². The zero-order valence-corrected chi connectivity index (χ0v) is 26.8. The van der Waals surface area contributed by atoms with Gasteiger partial charge < -0.3 is 13.9 Å². The molecular formula is C45H32N2O. The summed E-state index contributed by atoms with van der Waals surface area (Å²) in [6.45, 7) is 4.74. The number of aromatic nitrogens is 1. The van der Waals surface area contributed by atoms with Gasteiger partial charge in [-0.25, -0.2) is 0 Å². The van der Waals surface area contributed by atoms with Crippen molar-refractivity contribution in [1.82, 2.24) is 4.57 Å². The van der Waals surface area contributed by atoms with Crippen LogP contribution < -0.4 is 4.90 Å². The van der Waals surface area contributed by atoms with Crippen LogP contribution in [0.2, 0.25) is 0 Å². The number of para-hydroxylation sites is 3. The Morgan fingerprint density at radius 3 is 1.94 bits per heavy atom. The highest BCUT2D eigenvalue weighted by atomic mass is 16.3.